The molecule has 1 saturated carbocycles. The lowest BCUT2D eigenvalue weighted by molar-refractivity contribution is -0.148. The number of hydrogen-bond acceptors (Lipinski definition) is 7. The molecule has 0 heterocycles. The summed E-state index contributed by atoms with van der Waals surface area (Å²) < 4.78 is 22.8. The third-order valence-corrected chi connectivity index (χ3v) is 7.46. The van der Waals surface area contributed by atoms with Crippen molar-refractivity contribution in [2.75, 3.05) is 33.0 Å². The van der Waals surface area contributed by atoms with Gasteiger partial charge in [-0.3, -0.25) is 4.79 Å². The van der Waals surface area contributed by atoms with Crippen LogP contribution in [-0.4, -0.2) is 50.1 Å². The highest BCUT2D eigenvalue weighted by molar-refractivity contribution is 5.86. The molecule has 3 rings (SSSR count). The Morgan fingerprint density at radius 3 is 2.02 bits per heavy atom. The number of rotatable bonds is 15. The van der Waals surface area contributed by atoms with E-state index < -0.39 is 5.97 Å². The summed E-state index contributed by atoms with van der Waals surface area (Å²) in [6, 6.07) is 12.7. The molecule has 0 saturated heterocycles. The molecule has 2 aromatic carbocycles. The third-order valence-electron chi connectivity index (χ3n) is 7.46. The minimum atomic E-state index is -0.463. The van der Waals surface area contributed by atoms with Crippen LogP contribution in [0.1, 0.15) is 76.8 Å². The van der Waals surface area contributed by atoms with E-state index in [9.17, 15) is 14.7 Å². The summed E-state index contributed by atoms with van der Waals surface area (Å²) in [5.74, 6) is 1.67. The topological polar surface area (TPSA) is 91.3 Å². The first-order valence-electron chi connectivity index (χ1n) is 14.8. The average molecular weight is 567 g/mol. The molecule has 0 aromatic heterocycles. The molecule has 1 aliphatic carbocycles. The van der Waals surface area contributed by atoms with Crippen LogP contribution in [0.3, 0.4) is 0 Å². The van der Waals surface area contributed by atoms with Gasteiger partial charge in [0.05, 0.1) is 5.92 Å². The summed E-state index contributed by atoms with van der Waals surface area (Å²) >= 11 is 0. The molecule has 1 fully saturated rings. The van der Waals surface area contributed by atoms with Crippen LogP contribution in [0.5, 0.6) is 11.5 Å². The number of aliphatic hydroxyl groups is 1. The average Bonchev–Trinajstić information content (AvgIpc) is 2.96. The van der Waals surface area contributed by atoms with Crippen LogP contribution >= 0.6 is 0 Å². The lowest BCUT2D eigenvalue weighted by Gasteiger charge is -2.26. The molecule has 7 heteroatoms. The van der Waals surface area contributed by atoms with Gasteiger partial charge in [-0.2, -0.15) is 0 Å². The third kappa shape index (κ3) is 9.92. The fraction of sp³-hybridized carbons (Fsp3) is 0.529. The zero-order valence-electron chi connectivity index (χ0n) is 25.1. The van der Waals surface area contributed by atoms with Crippen LogP contribution in [0.15, 0.2) is 48.6 Å². The number of benzene rings is 2. The first-order valence-corrected chi connectivity index (χ1v) is 14.8. The highest BCUT2D eigenvalue weighted by Crippen LogP contribution is 2.39. The molecule has 7 nitrogen and oxygen atoms in total. The van der Waals surface area contributed by atoms with Crippen molar-refractivity contribution >= 4 is 11.9 Å². The number of carbonyl (C=O) groups is 2. The van der Waals surface area contributed by atoms with E-state index in [0.717, 1.165) is 22.6 Å². The van der Waals surface area contributed by atoms with Gasteiger partial charge < -0.3 is 24.1 Å². The molecule has 224 valence electrons. The summed E-state index contributed by atoms with van der Waals surface area (Å²) in [6.45, 7) is 11.7. The Morgan fingerprint density at radius 2 is 1.49 bits per heavy atom. The summed E-state index contributed by atoms with van der Waals surface area (Å²) in [5, 5.41) is 9.54. The molecule has 0 aliphatic heterocycles. The molecule has 41 heavy (non-hydrogen) atoms. The Balaban J connectivity index is 1.85. The molecule has 1 aliphatic rings. The quantitative estimate of drug-likeness (QED) is 0.147. The number of hydrogen-bond donors (Lipinski definition) is 1. The van der Waals surface area contributed by atoms with Gasteiger partial charge in [-0.1, -0.05) is 64.5 Å². The predicted octanol–water partition coefficient (Wildman–Crippen LogP) is 6.65. The van der Waals surface area contributed by atoms with E-state index in [-0.39, 0.29) is 44.9 Å². The van der Waals surface area contributed by atoms with Gasteiger partial charge in [-0.15, -0.1) is 0 Å². The van der Waals surface area contributed by atoms with Gasteiger partial charge in [-0.25, -0.2) is 4.79 Å². The fourth-order valence-electron chi connectivity index (χ4n) is 4.96. The molecule has 0 amide bonds. The van der Waals surface area contributed by atoms with Crippen LogP contribution < -0.4 is 9.47 Å². The van der Waals surface area contributed by atoms with Crippen molar-refractivity contribution in [1.82, 2.24) is 0 Å². The van der Waals surface area contributed by atoms with Gasteiger partial charge in [0.2, 0.25) is 0 Å². The van der Waals surface area contributed by atoms with Crippen molar-refractivity contribution in [3.8, 4) is 22.6 Å². The van der Waals surface area contributed by atoms with Crippen LogP contribution in [0.25, 0.3) is 11.1 Å². The number of aliphatic hydroxyl groups excluding tert-OH is 1. The van der Waals surface area contributed by atoms with Gasteiger partial charge in [-0.05, 0) is 73.3 Å². The first kappa shape index (κ1) is 32.2. The number of esters is 2. The highest BCUT2D eigenvalue weighted by Gasteiger charge is 2.20. The van der Waals surface area contributed by atoms with E-state index in [4.69, 9.17) is 18.9 Å². The minimum absolute atomic E-state index is 0.0181. The van der Waals surface area contributed by atoms with Crippen LogP contribution in [0.4, 0.5) is 0 Å². The Bertz CT molecular complexity index is 1140. The molecule has 2 aromatic rings. The Hall–Kier alpha value is -3.32. The van der Waals surface area contributed by atoms with Crippen LogP contribution in [0.2, 0.25) is 0 Å². The smallest absolute Gasteiger partial charge is 0.333 e. The normalized spacial score (nSPS) is 16.7. The molecule has 0 bridgehead atoms. The van der Waals surface area contributed by atoms with Crippen molar-refractivity contribution in [2.24, 2.45) is 11.8 Å². The lowest BCUT2D eigenvalue weighted by atomic mass is 9.79. The Labute approximate surface area is 244 Å². The van der Waals surface area contributed by atoms with Crippen LogP contribution in [-0.2, 0) is 25.5 Å². The van der Waals surface area contributed by atoms with Crippen molar-refractivity contribution in [1.29, 1.82) is 0 Å². The second-order valence-electron chi connectivity index (χ2n) is 11.3. The van der Waals surface area contributed by atoms with Gasteiger partial charge >= 0.3 is 11.9 Å². The standard InChI is InChI=1S/C34H46O7/c1-23(2)33(36)40-19-17-38-31-21-29(28-14-12-27(13-15-28)26-10-8-25(5)9-11-26)22-32(30(31)7-6-16-35)39-18-20-41-34(37)24(3)4/h12-15,21-22,24-26,35H,1,6-11,16-20H2,2-5H3. The summed E-state index contributed by atoms with van der Waals surface area (Å²) in [7, 11) is 0. The van der Waals surface area contributed by atoms with Crippen molar-refractivity contribution in [2.45, 2.75) is 72.1 Å². The van der Waals surface area contributed by atoms with E-state index in [2.05, 4.69) is 37.8 Å². The van der Waals surface area contributed by atoms with Gasteiger partial charge in [0.25, 0.3) is 0 Å². The second kappa shape index (κ2) is 16.2. The molecule has 0 spiro atoms. The van der Waals surface area contributed by atoms with E-state index in [1.165, 1.54) is 31.2 Å². The fourth-order valence-corrected chi connectivity index (χ4v) is 4.96. The van der Waals surface area contributed by atoms with E-state index in [1.807, 2.05) is 12.1 Å². The van der Waals surface area contributed by atoms with Crippen molar-refractivity contribution in [3.63, 3.8) is 0 Å². The molecule has 0 radical (unpaired) electrons. The monoisotopic (exact) mass is 566 g/mol. The number of ether oxygens (including phenoxy) is 4. The van der Waals surface area contributed by atoms with Crippen molar-refractivity contribution < 1.29 is 33.6 Å². The summed E-state index contributed by atoms with van der Waals surface area (Å²) in [5.41, 5.74) is 4.46. The highest BCUT2D eigenvalue weighted by atomic mass is 16.6. The SMILES string of the molecule is C=C(C)C(=O)OCCOc1cc(-c2ccc(C3CCC(C)CC3)cc2)cc(OCCOC(=O)C(C)C)c1CCCO. The molecule has 0 atom stereocenters. The molecular weight excluding hydrogens is 520 g/mol. The second-order valence-corrected chi connectivity index (χ2v) is 11.3. The number of carbonyl (C=O) groups excluding carboxylic acids is 2. The van der Waals surface area contributed by atoms with E-state index in [1.54, 1.807) is 20.8 Å². The van der Waals surface area contributed by atoms with E-state index in [0.29, 0.717) is 35.8 Å². The summed E-state index contributed by atoms with van der Waals surface area (Å²) in [4.78, 5) is 23.7. The Kier molecular flexibility index (Phi) is 12.7. The maximum atomic E-state index is 11.9. The predicted molar refractivity (Wildman–Crippen MR) is 160 cm³/mol. The van der Waals surface area contributed by atoms with Gasteiger partial charge in [0, 0.05) is 17.7 Å². The van der Waals surface area contributed by atoms with Crippen molar-refractivity contribution in [3.05, 3.63) is 59.7 Å². The largest absolute Gasteiger partial charge is 0.490 e. The zero-order chi connectivity index (χ0) is 29.8. The van der Waals surface area contributed by atoms with Crippen LogP contribution in [0, 0.1) is 11.8 Å². The maximum Gasteiger partial charge on any atom is 0.333 e. The molecule has 0 unspecified atom stereocenters. The lowest BCUT2D eigenvalue weighted by Crippen LogP contribution is -2.17. The zero-order valence-corrected chi connectivity index (χ0v) is 25.1. The van der Waals surface area contributed by atoms with Gasteiger partial charge in [0.15, 0.2) is 0 Å². The molecule has 1 N–H and O–H groups in total. The Morgan fingerprint density at radius 1 is 0.902 bits per heavy atom. The van der Waals surface area contributed by atoms with E-state index >= 15 is 0 Å². The summed E-state index contributed by atoms with van der Waals surface area (Å²) in [6.07, 6.45) is 6.06. The maximum absolute atomic E-state index is 11.9. The van der Waals surface area contributed by atoms with Gasteiger partial charge in [0.1, 0.15) is 37.9 Å². The molecular formula is C34H46O7. The minimum Gasteiger partial charge on any atom is -0.490 e. The first-order chi connectivity index (χ1) is 19.7.